The fourth-order valence-electron chi connectivity index (χ4n) is 2.66. The first-order valence-electron chi connectivity index (χ1n) is 7.55. The van der Waals surface area contributed by atoms with Crippen molar-refractivity contribution in [1.29, 1.82) is 0 Å². The molecule has 1 saturated heterocycles. The molecular weight excluding hydrogens is 296 g/mol. The van der Waals surface area contributed by atoms with Crippen LogP contribution in [0.5, 0.6) is 0 Å². The van der Waals surface area contributed by atoms with Gasteiger partial charge < -0.3 is 14.2 Å². The molecule has 1 aromatic carbocycles. The zero-order valence-corrected chi connectivity index (χ0v) is 12.9. The van der Waals surface area contributed by atoms with Gasteiger partial charge in [0.2, 0.25) is 0 Å². The molecule has 1 amide bonds. The minimum absolute atomic E-state index is 0.00441. The molecule has 6 heteroatoms. The van der Waals surface area contributed by atoms with Gasteiger partial charge in [-0.15, -0.1) is 0 Å². The third-order valence-corrected chi connectivity index (χ3v) is 3.85. The largest absolute Gasteiger partial charge is 0.377 e. The van der Waals surface area contributed by atoms with E-state index in [1.165, 1.54) is 0 Å². The van der Waals surface area contributed by atoms with E-state index in [4.69, 9.17) is 9.26 Å². The van der Waals surface area contributed by atoms with Gasteiger partial charge in [-0.25, -0.2) is 0 Å². The smallest absolute Gasteiger partial charge is 0.276 e. The molecule has 1 aromatic heterocycles. The van der Waals surface area contributed by atoms with E-state index in [0.717, 1.165) is 0 Å². The highest BCUT2D eigenvalue weighted by Gasteiger charge is 2.31. The van der Waals surface area contributed by atoms with Crippen LogP contribution in [0.25, 0.3) is 0 Å². The van der Waals surface area contributed by atoms with Crippen molar-refractivity contribution < 1.29 is 18.8 Å². The Hall–Kier alpha value is -2.47. The monoisotopic (exact) mass is 314 g/mol. The fourth-order valence-corrected chi connectivity index (χ4v) is 2.66. The molecule has 1 fully saturated rings. The van der Waals surface area contributed by atoms with Crippen molar-refractivity contribution >= 4 is 11.7 Å². The Bertz CT molecular complexity index is 696. The molecule has 0 bridgehead atoms. The summed E-state index contributed by atoms with van der Waals surface area (Å²) >= 11 is 0. The van der Waals surface area contributed by atoms with Gasteiger partial charge in [-0.05, 0) is 6.92 Å². The normalized spacial score (nSPS) is 18.0. The molecule has 0 spiro atoms. The predicted octanol–water partition coefficient (Wildman–Crippen LogP) is 2.10. The second kappa shape index (κ2) is 6.75. The van der Waals surface area contributed by atoms with Gasteiger partial charge in [0.15, 0.2) is 11.5 Å². The molecule has 2 aromatic rings. The third kappa shape index (κ3) is 3.48. The number of aryl methyl sites for hydroxylation is 1. The molecule has 120 valence electrons. The first-order valence-corrected chi connectivity index (χ1v) is 7.55. The van der Waals surface area contributed by atoms with Gasteiger partial charge >= 0.3 is 0 Å². The lowest BCUT2D eigenvalue weighted by molar-refractivity contribution is -0.00329. The highest BCUT2D eigenvalue weighted by molar-refractivity contribution is 5.97. The average molecular weight is 314 g/mol. The summed E-state index contributed by atoms with van der Waals surface area (Å²) in [6, 6.07) is 10.4. The van der Waals surface area contributed by atoms with Crippen molar-refractivity contribution in [3.63, 3.8) is 0 Å². The Labute approximate surface area is 134 Å². The van der Waals surface area contributed by atoms with E-state index in [9.17, 15) is 9.59 Å². The number of benzene rings is 1. The van der Waals surface area contributed by atoms with E-state index in [-0.39, 0.29) is 29.8 Å². The Morgan fingerprint density at radius 1 is 1.30 bits per heavy atom. The molecule has 0 N–H and O–H groups in total. The van der Waals surface area contributed by atoms with Crippen LogP contribution in [0.2, 0.25) is 0 Å². The van der Waals surface area contributed by atoms with Gasteiger partial charge in [0.25, 0.3) is 5.91 Å². The summed E-state index contributed by atoms with van der Waals surface area (Å²) in [6.45, 7) is 2.98. The minimum Gasteiger partial charge on any atom is -0.377 e. The zero-order chi connectivity index (χ0) is 16.2. The second-order valence-electron chi connectivity index (χ2n) is 5.54. The summed E-state index contributed by atoms with van der Waals surface area (Å²) < 4.78 is 10.4. The molecule has 23 heavy (non-hydrogen) atoms. The number of morpholine rings is 1. The van der Waals surface area contributed by atoms with E-state index in [1.54, 1.807) is 30.0 Å². The summed E-state index contributed by atoms with van der Waals surface area (Å²) in [5.74, 6) is 0.352. The summed E-state index contributed by atoms with van der Waals surface area (Å²) in [7, 11) is 0. The number of hydrogen-bond acceptors (Lipinski definition) is 5. The maximum atomic E-state index is 12.6. The minimum atomic E-state index is -0.291. The molecule has 2 heterocycles. The number of rotatable bonds is 4. The maximum absolute atomic E-state index is 12.6. The second-order valence-corrected chi connectivity index (χ2v) is 5.54. The lowest BCUT2D eigenvalue weighted by Crippen LogP contribution is -2.49. The van der Waals surface area contributed by atoms with Crippen LogP contribution in [0, 0.1) is 6.92 Å². The van der Waals surface area contributed by atoms with Crippen LogP contribution in [0.1, 0.15) is 33.0 Å². The first-order chi connectivity index (χ1) is 11.1. The van der Waals surface area contributed by atoms with Crippen LogP contribution in [-0.2, 0) is 4.74 Å². The van der Waals surface area contributed by atoms with Gasteiger partial charge in [-0.2, -0.15) is 0 Å². The SMILES string of the molecule is Cc1cc(C(=O)N2CCOC[C@H]2CC(=O)c2ccccc2)no1. The van der Waals surface area contributed by atoms with E-state index < -0.39 is 0 Å². The van der Waals surface area contributed by atoms with Gasteiger partial charge in [-0.3, -0.25) is 9.59 Å². The molecule has 0 radical (unpaired) electrons. The third-order valence-electron chi connectivity index (χ3n) is 3.85. The van der Waals surface area contributed by atoms with Gasteiger partial charge in [0.05, 0.1) is 19.3 Å². The number of Topliss-reactive ketones (excluding diaryl/α,β-unsaturated/α-hetero) is 1. The van der Waals surface area contributed by atoms with Crippen LogP contribution >= 0.6 is 0 Å². The number of hydrogen-bond donors (Lipinski definition) is 0. The summed E-state index contributed by atoms with van der Waals surface area (Å²) in [5.41, 5.74) is 0.907. The van der Waals surface area contributed by atoms with Crippen molar-refractivity contribution in [1.82, 2.24) is 10.1 Å². The Kier molecular flexibility index (Phi) is 4.52. The number of carbonyl (C=O) groups is 2. The maximum Gasteiger partial charge on any atom is 0.276 e. The molecule has 1 aliphatic rings. The number of ether oxygens (including phenoxy) is 1. The highest BCUT2D eigenvalue weighted by atomic mass is 16.5. The summed E-state index contributed by atoms with van der Waals surface area (Å²) in [4.78, 5) is 26.6. The lowest BCUT2D eigenvalue weighted by Gasteiger charge is -2.34. The molecular formula is C17H18N2O4. The van der Waals surface area contributed by atoms with Gasteiger partial charge in [0.1, 0.15) is 5.76 Å². The lowest BCUT2D eigenvalue weighted by atomic mass is 10.0. The van der Waals surface area contributed by atoms with Crippen molar-refractivity contribution in [3.05, 3.63) is 53.4 Å². The van der Waals surface area contributed by atoms with E-state index in [0.29, 0.717) is 31.1 Å². The molecule has 1 atom stereocenters. The van der Waals surface area contributed by atoms with E-state index >= 15 is 0 Å². The number of nitrogens with zero attached hydrogens (tertiary/aromatic N) is 2. The number of amides is 1. The van der Waals surface area contributed by atoms with Gasteiger partial charge in [-0.1, -0.05) is 35.5 Å². The Balaban J connectivity index is 1.74. The number of aromatic nitrogens is 1. The molecule has 3 rings (SSSR count). The standard InChI is InChI=1S/C17H18N2O4/c1-12-9-15(18-23-12)17(21)19-7-8-22-11-14(19)10-16(20)13-5-3-2-4-6-13/h2-6,9,14H,7-8,10-11H2,1H3/t14-/m1/s1. The summed E-state index contributed by atoms with van der Waals surface area (Å²) in [6.07, 6.45) is 0.229. The molecule has 0 unspecified atom stereocenters. The van der Waals surface area contributed by atoms with Crippen molar-refractivity contribution in [3.8, 4) is 0 Å². The Morgan fingerprint density at radius 3 is 2.78 bits per heavy atom. The molecule has 0 aliphatic carbocycles. The topological polar surface area (TPSA) is 72.6 Å². The average Bonchev–Trinajstić information content (AvgIpc) is 3.02. The van der Waals surface area contributed by atoms with Crippen LogP contribution in [0.3, 0.4) is 0 Å². The van der Waals surface area contributed by atoms with Crippen LogP contribution in [0.15, 0.2) is 40.9 Å². The fraction of sp³-hybridized carbons (Fsp3) is 0.353. The quantitative estimate of drug-likeness (QED) is 0.808. The highest BCUT2D eigenvalue weighted by Crippen LogP contribution is 2.17. The van der Waals surface area contributed by atoms with Gasteiger partial charge in [0, 0.05) is 24.6 Å². The van der Waals surface area contributed by atoms with E-state index in [2.05, 4.69) is 5.16 Å². The molecule has 6 nitrogen and oxygen atoms in total. The molecule has 1 aliphatic heterocycles. The number of carbonyl (C=O) groups excluding carboxylic acids is 2. The first kappa shape index (κ1) is 15.4. The van der Waals surface area contributed by atoms with Crippen molar-refractivity contribution in [2.75, 3.05) is 19.8 Å². The van der Waals surface area contributed by atoms with Crippen LogP contribution in [-0.4, -0.2) is 47.5 Å². The molecule has 0 saturated carbocycles. The van der Waals surface area contributed by atoms with Crippen molar-refractivity contribution in [2.45, 2.75) is 19.4 Å². The Morgan fingerprint density at radius 2 is 2.09 bits per heavy atom. The number of ketones is 1. The van der Waals surface area contributed by atoms with E-state index in [1.807, 2.05) is 18.2 Å². The van der Waals surface area contributed by atoms with Crippen LogP contribution < -0.4 is 0 Å². The zero-order valence-electron chi connectivity index (χ0n) is 12.9. The van der Waals surface area contributed by atoms with Crippen molar-refractivity contribution in [2.24, 2.45) is 0 Å². The predicted molar refractivity (Wildman–Crippen MR) is 82.3 cm³/mol. The summed E-state index contributed by atoms with van der Waals surface area (Å²) in [5, 5.41) is 3.77. The van der Waals surface area contributed by atoms with Crippen LogP contribution in [0.4, 0.5) is 0 Å².